The number of rotatable bonds is 8. The quantitative estimate of drug-likeness (QED) is 0.547. The van der Waals surface area contributed by atoms with Gasteiger partial charge in [-0.3, -0.25) is 4.79 Å². The maximum Gasteiger partial charge on any atom is 0.339 e. The van der Waals surface area contributed by atoms with Crippen LogP contribution in [0.4, 0.5) is 5.69 Å². The van der Waals surface area contributed by atoms with E-state index < -0.39 is 5.97 Å². The number of nitrogens with zero attached hydrogens (tertiary/aromatic N) is 1. The number of carboxylic acids is 1. The topological polar surface area (TPSA) is 85.3 Å². The molecule has 1 atom stereocenters. The van der Waals surface area contributed by atoms with Gasteiger partial charge in [-0.05, 0) is 59.7 Å². The molecule has 0 aromatic heterocycles. The third-order valence-electron chi connectivity index (χ3n) is 5.77. The molecule has 170 valence electrons. The number of carboxylic acid groups (broad SMARTS) is 1. The van der Waals surface area contributed by atoms with Gasteiger partial charge in [0.05, 0.1) is 14.2 Å². The van der Waals surface area contributed by atoms with Gasteiger partial charge in [0.25, 0.3) is 0 Å². The summed E-state index contributed by atoms with van der Waals surface area (Å²) in [6.07, 6.45) is 0.352. The Hall–Kier alpha value is -4.00. The largest absolute Gasteiger partial charge is 0.497 e. The van der Waals surface area contributed by atoms with E-state index in [-0.39, 0.29) is 17.4 Å². The summed E-state index contributed by atoms with van der Waals surface area (Å²) in [5.41, 5.74) is 2.81. The zero-order chi connectivity index (χ0) is 23.4. The number of aromatic carboxylic acids is 1. The van der Waals surface area contributed by atoms with Gasteiger partial charge >= 0.3 is 5.97 Å². The first kappa shape index (κ1) is 22.2. The Morgan fingerprint density at radius 2 is 1.67 bits per heavy atom. The molecule has 0 saturated carbocycles. The van der Waals surface area contributed by atoms with E-state index in [0.717, 1.165) is 22.6 Å². The Bertz CT molecular complexity index is 1140. The molecule has 4 rings (SSSR count). The van der Waals surface area contributed by atoms with Crippen LogP contribution in [0.5, 0.6) is 17.2 Å². The lowest BCUT2D eigenvalue weighted by Gasteiger charge is -2.18. The van der Waals surface area contributed by atoms with E-state index in [1.54, 1.807) is 24.1 Å². The highest BCUT2D eigenvalue weighted by molar-refractivity contribution is 5.96. The fourth-order valence-electron chi connectivity index (χ4n) is 3.93. The van der Waals surface area contributed by atoms with E-state index in [9.17, 15) is 14.7 Å². The molecule has 0 radical (unpaired) electrons. The normalized spacial score (nSPS) is 15.4. The number of hydrogen-bond acceptors (Lipinski definition) is 5. The van der Waals surface area contributed by atoms with Crippen molar-refractivity contribution in [1.82, 2.24) is 0 Å². The molecule has 1 fully saturated rings. The lowest BCUT2D eigenvalue weighted by molar-refractivity contribution is -0.117. The molecule has 1 aliphatic heterocycles. The molecule has 3 aromatic carbocycles. The number of methoxy groups -OCH3 is 2. The molecular weight excluding hydrogens is 422 g/mol. The molecule has 7 heteroatoms. The highest BCUT2D eigenvalue weighted by Gasteiger charge is 2.32. The van der Waals surface area contributed by atoms with Crippen LogP contribution in [0.2, 0.25) is 0 Å². The molecule has 1 N–H and O–H groups in total. The van der Waals surface area contributed by atoms with Crippen molar-refractivity contribution >= 4 is 17.6 Å². The first-order chi connectivity index (χ1) is 16.0. The first-order valence-corrected chi connectivity index (χ1v) is 10.6. The minimum atomic E-state index is -1.04. The maximum atomic E-state index is 12.7. The second-order valence-electron chi connectivity index (χ2n) is 7.80. The number of benzene rings is 3. The van der Waals surface area contributed by atoms with Crippen molar-refractivity contribution < 1.29 is 28.9 Å². The van der Waals surface area contributed by atoms with Crippen molar-refractivity contribution in [3.63, 3.8) is 0 Å². The van der Waals surface area contributed by atoms with Crippen LogP contribution in [-0.2, 0) is 11.4 Å². The van der Waals surface area contributed by atoms with Gasteiger partial charge in [-0.15, -0.1) is 0 Å². The van der Waals surface area contributed by atoms with Crippen LogP contribution in [0.1, 0.15) is 33.8 Å². The number of hydrogen-bond donors (Lipinski definition) is 1. The fraction of sp³-hybridized carbons (Fsp3) is 0.231. The van der Waals surface area contributed by atoms with Gasteiger partial charge in [-0.25, -0.2) is 4.79 Å². The molecule has 1 unspecified atom stereocenters. The summed E-state index contributed by atoms with van der Waals surface area (Å²) in [5.74, 6) is 0.745. The van der Waals surface area contributed by atoms with Crippen LogP contribution in [0.25, 0.3) is 0 Å². The summed E-state index contributed by atoms with van der Waals surface area (Å²) in [6, 6.07) is 20.1. The predicted molar refractivity (Wildman–Crippen MR) is 123 cm³/mol. The molecule has 7 nitrogen and oxygen atoms in total. The number of anilines is 1. The zero-order valence-electron chi connectivity index (χ0n) is 18.5. The van der Waals surface area contributed by atoms with E-state index in [4.69, 9.17) is 14.2 Å². The second kappa shape index (κ2) is 9.65. The molecule has 0 aliphatic carbocycles. The van der Waals surface area contributed by atoms with Crippen LogP contribution in [0.3, 0.4) is 0 Å². The van der Waals surface area contributed by atoms with Gasteiger partial charge < -0.3 is 24.2 Å². The summed E-state index contributed by atoms with van der Waals surface area (Å²) in [4.78, 5) is 25.8. The Morgan fingerprint density at radius 3 is 2.30 bits per heavy atom. The lowest BCUT2D eigenvalue weighted by Crippen LogP contribution is -2.24. The van der Waals surface area contributed by atoms with E-state index in [1.807, 2.05) is 48.5 Å². The number of carbonyl (C=O) groups is 2. The Kier molecular flexibility index (Phi) is 6.49. The van der Waals surface area contributed by atoms with Crippen molar-refractivity contribution in [2.75, 3.05) is 25.7 Å². The van der Waals surface area contributed by atoms with E-state index in [0.29, 0.717) is 31.1 Å². The molecule has 1 heterocycles. The van der Waals surface area contributed by atoms with Crippen LogP contribution in [-0.4, -0.2) is 37.7 Å². The highest BCUT2D eigenvalue weighted by Crippen LogP contribution is 2.34. The van der Waals surface area contributed by atoms with Crippen molar-refractivity contribution in [2.45, 2.75) is 18.9 Å². The summed E-state index contributed by atoms with van der Waals surface area (Å²) < 4.78 is 16.2. The Labute approximate surface area is 192 Å². The maximum absolute atomic E-state index is 12.7. The Balaban J connectivity index is 1.41. The summed E-state index contributed by atoms with van der Waals surface area (Å²) in [6.45, 7) is 0.947. The van der Waals surface area contributed by atoms with Crippen LogP contribution in [0.15, 0.2) is 66.7 Å². The number of carbonyl (C=O) groups excluding carboxylic acids is 1. The third-order valence-corrected chi connectivity index (χ3v) is 5.77. The monoisotopic (exact) mass is 447 g/mol. The molecule has 0 bridgehead atoms. The fourth-order valence-corrected chi connectivity index (χ4v) is 3.93. The number of ether oxygens (including phenoxy) is 3. The van der Waals surface area contributed by atoms with E-state index >= 15 is 0 Å². The molecule has 33 heavy (non-hydrogen) atoms. The standard InChI is InChI=1S/C26H25NO6/c1-31-21-8-3-17(4-9-21)16-33-22-10-6-20(7-11-22)27-15-19(14-25(27)28)18-5-12-23(26(29)30)24(13-18)32-2/h3-13,19H,14-16H2,1-2H3,(H,29,30). The summed E-state index contributed by atoms with van der Waals surface area (Å²) in [5, 5.41) is 9.27. The molecule has 1 saturated heterocycles. The van der Waals surface area contributed by atoms with Crippen molar-refractivity contribution in [3.05, 3.63) is 83.4 Å². The predicted octanol–water partition coefficient (Wildman–Crippen LogP) is 4.50. The van der Waals surface area contributed by atoms with Crippen LogP contribution in [0, 0.1) is 0 Å². The highest BCUT2D eigenvalue weighted by atomic mass is 16.5. The minimum Gasteiger partial charge on any atom is -0.497 e. The van der Waals surface area contributed by atoms with Crippen molar-refractivity contribution in [3.8, 4) is 17.2 Å². The molecule has 1 amide bonds. The van der Waals surface area contributed by atoms with Gasteiger partial charge in [0.15, 0.2) is 0 Å². The average molecular weight is 447 g/mol. The van der Waals surface area contributed by atoms with Gasteiger partial charge in [-0.1, -0.05) is 18.2 Å². The Morgan fingerprint density at radius 1 is 0.970 bits per heavy atom. The summed E-state index contributed by atoms with van der Waals surface area (Å²) >= 11 is 0. The first-order valence-electron chi connectivity index (χ1n) is 10.6. The third kappa shape index (κ3) is 4.92. The second-order valence-corrected chi connectivity index (χ2v) is 7.80. The van der Waals surface area contributed by atoms with Crippen molar-refractivity contribution in [2.24, 2.45) is 0 Å². The van der Waals surface area contributed by atoms with Gasteiger partial charge in [0.1, 0.15) is 29.4 Å². The van der Waals surface area contributed by atoms with Gasteiger partial charge in [-0.2, -0.15) is 0 Å². The SMILES string of the molecule is COc1ccc(COc2ccc(N3CC(c4ccc(C(=O)O)c(OC)c4)CC3=O)cc2)cc1. The average Bonchev–Trinajstić information content (AvgIpc) is 3.24. The number of amides is 1. The molecule has 0 spiro atoms. The smallest absolute Gasteiger partial charge is 0.339 e. The zero-order valence-corrected chi connectivity index (χ0v) is 18.5. The van der Waals surface area contributed by atoms with Crippen LogP contribution >= 0.6 is 0 Å². The molecule has 3 aromatic rings. The minimum absolute atomic E-state index is 0.0215. The molecule has 1 aliphatic rings. The van der Waals surface area contributed by atoms with E-state index in [1.165, 1.54) is 13.2 Å². The van der Waals surface area contributed by atoms with Crippen molar-refractivity contribution in [1.29, 1.82) is 0 Å². The molecular formula is C26H25NO6. The summed E-state index contributed by atoms with van der Waals surface area (Å²) in [7, 11) is 3.07. The van der Waals surface area contributed by atoms with Gasteiger partial charge in [0, 0.05) is 24.6 Å². The van der Waals surface area contributed by atoms with E-state index in [2.05, 4.69) is 0 Å². The van der Waals surface area contributed by atoms with Crippen LogP contribution < -0.4 is 19.1 Å². The van der Waals surface area contributed by atoms with Gasteiger partial charge in [0.2, 0.25) is 5.91 Å². The lowest BCUT2D eigenvalue weighted by atomic mass is 9.96.